The average molecular weight is 190 g/mol. The van der Waals surface area contributed by atoms with Crippen molar-refractivity contribution in [3.8, 4) is 0 Å². The van der Waals surface area contributed by atoms with Crippen molar-refractivity contribution in [1.29, 1.82) is 0 Å². The molecule has 0 saturated heterocycles. The van der Waals surface area contributed by atoms with Crippen molar-refractivity contribution in [2.45, 2.75) is 12.6 Å². The summed E-state index contributed by atoms with van der Waals surface area (Å²) in [6, 6.07) is 1.07. The summed E-state index contributed by atoms with van der Waals surface area (Å²) in [4.78, 5) is 3.49. The lowest BCUT2D eigenvalue weighted by atomic mass is 10.1. The number of nitrogens with zero attached hydrogens (tertiary/aromatic N) is 1. The van der Waals surface area contributed by atoms with Crippen LogP contribution in [0.5, 0.6) is 0 Å². The standard InChI is InChI=1S/C8H9F3N2/c9-8(10,11)7-3-6(1-2-12)4-13-5-7/h3-5H,1-2,12H2. The van der Waals surface area contributed by atoms with Crippen LogP contribution in [0, 0.1) is 0 Å². The molecular weight excluding hydrogens is 181 g/mol. The highest BCUT2D eigenvalue weighted by atomic mass is 19.4. The normalized spacial score (nSPS) is 11.7. The van der Waals surface area contributed by atoms with Crippen molar-refractivity contribution in [3.63, 3.8) is 0 Å². The maximum Gasteiger partial charge on any atom is 0.417 e. The second-order valence-electron chi connectivity index (χ2n) is 2.62. The molecule has 0 amide bonds. The molecule has 72 valence electrons. The predicted octanol–water partition coefficient (Wildman–Crippen LogP) is 1.60. The molecule has 0 unspecified atom stereocenters. The highest BCUT2D eigenvalue weighted by Crippen LogP contribution is 2.28. The summed E-state index contributed by atoms with van der Waals surface area (Å²) in [5.74, 6) is 0. The third-order valence-electron chi connectivity index (χ3n) is 1.56. The highest BCUT2D eigenvalue weighted by molar-refractivity contribution is 5.20. The first-order chi connectivity index (χ1) is 6.04. The molecule has 0 spiro atoms. The Morgan fingerprint density at radius 1 is 1.31 bits per heavy atom. The van der Waals surface area contributed by atoms with Gasteiger partial charge in [0.15, 0.2) is 0 Å². The Bertz CT molecular complexity index is 283. The van der Waals surface area contributed by atoms with Gasteiger partial charge in [-0.15, -0.1) is 0 Å². The smallest absolute Gasteiger partial charge is 0.330 e. The van der Waals surface area contributed by atoms with Gasteiger partial charge in [-0.1, -0.05) is 0 Å². The van der Waals surface area contributed by atoms with Crippen LogP contribution < -0.4 is 5.73 Å². The molecular formula is C8H9F3N2. The van der Waals surface area contributed by atoms with Gasteiger partial charge in [0.2, 0.25) is 0 Å². The second-order valence-corrected chi connectivity index (χ2v) is 2.62. The average Bonchev–Trinajstić information content (AvgIpc) is 2.04. The molecule has 0 aliphatic carbocycles. The molecule has 0 bridgehead atoms. The fraction of sp³-hybridized carbons (Fsp3) is 0.375. The Labute approximate surface area is 73.6 Å². The van der Waals surface area contributed by atoms with Crippen molar-refractivity contribution in [1.82, 2.24) is 4.98 Å². The zero-order chi connectivity index (χ0) is 9.90. The van der Waals surface area contributed by atoms with Crippen LogP contribution in [-0.4, -0.2) is 11.5 Å². The summed E-state index contributed by atoms with van der Waals surface area (Å²) in [5.41, 5.74) is 5.00. The Morgan fingerprint density at radius 3 is 2.54 bits per heavy atom. The topological polar surface area (TPSA) is 38.9 Å². The van der Waals surface area contributed by atoms with Gasteiger partial charge in [0.05, 0.1) is 5.56 Å². The molecule has 5 heteroatoms. The molecule has 1 aromatic rings. The molecule has 0 fully saturated rings. The maximum absolute atomic E-state index is 12.1. The van der Waals surface area contributed by atoms with E-state index in [2.05, 4.69) is 4.98 Å². The van der Waals surface area contributed by atoms with Gasteiger partial charge in [-0.25, -0.2) is 0 Å². The van der Waals surface area contributed by atoms with Crippen LogP contribution in [-0.2, 0) is 12.6 Å². The quantitative estimate of drug-likeness (QED) is 0.769. The molecule has 13 heavy (non-hydrogen) atoms. The van der Waals surface area contributed by atoms with Gasteiger partial charge in [-0.05, 0) is 24.6 Å². The number of rotatable bonds is 2. The first-order valence-corrected chi connectivity index (χ1v) is 3.75. The highest BCUT2D eigenvalue weighted by Gasteiger charge is 2.30. The summed E-state index contributed by atoms with van der Waals surface area (Å²) < 4.78 is 36.4. The number of alkyl halides is 3. The van der Waals surface area contributed by atoms with Gasteiger partial charge in [0.25, 0.3) is 0 Å². The predicted molar refractivity (Wildman–Crippen MR) is 42.0 cm³/mol. The molecule has 1 heterocycles. The molecule has 0 aliphatic rings. The fourth-order valence-electron chi connectivity index (χ4n) is 0.946. The van der Waals surface area contributed by atoms with E-state index in [0.717, 1.165) is 12.3 Å². The van der Waals surface area contributed by atoms with E-state index in [4.69, 9.17) is 5.73 Å². The molecule has 2 nitrogen and oxygen atoms in total. The van der Waals surface area contributed by atoms with Gasteiger partial charge < -0.3 is 5.73 Å². The number of hydrogen-bond donors (Lipinski definition) is 1. The first kappa shape index (κ1) is 9.98. The molecule has 0 saturated carbocycles. The lowest BCUT2D eigenvalue weighted by Crippen LogP contribution is -2.08. The first-order valence-electron chi connectivity index (χ1n) is 3.75. The van der Waals surface area contributed by atoms with Gasteiger partial charge in [-0.2, -0.15) is 13.2 Å². The molecule has 1 aromatic heterocycles. The van der Waals surface area contributed by atoms with Crippen molar-refractivity contribution < 1.29 is 13.2 Å². The van der Waals surface area contributed by atoms with Gasteiger partial charge in [0.1, 0.15) is 0 Å². The van der Waals surface area contributed by atoms with E-state index in [1.807, 2.05) is 0 Å². The number of pyridine rings is 1. The van der Waals surface area contributed by atoms with Gasteiger partial charge >= 0.3 is 6.18 Å². The van der Waals surface area contributed by atoms with Crippen LogP contribution in [0.4, 0.5) is 13.2 Å². The molecule has 0 atom stereocenters. The van der Waals surface area contributed by atoms with Crippen LogP contribution >= 0.6 is 0 Å². The van der Waals surface area contributed by atoms with Gasteiger partial charge in [-0.3, -0.25) is 4.98 Å². The van der Waals surface area contributed by atoms with Gasteiger partial charge in [0, 0.05) is 12.4 Å². The summed E-state index contributed by atoms with van der Waals surface area (Å²) in [6.07, 6.45) is -1.71. The minimum atomic E-state index is -4.32. The minimum absolute atomic E-state index is 0.322. The monoisotopic (exact) mass is 190 g/mol. The van der Waals surface area contributed by atoms with Crippen LogP contribution in [0.1, 0.15) is 11.1 Å². The molecule has 0 aromatic carbocycles. The SMILES string of the molecule is NCCc1cncc(C(F)(F)F)c1. The van der Waals surface area contributed by atoms with Crippen molar-refractivity contribution in [3.05, 3.63) is 29.6 Å². The van der Waals surface area contributed by atoms with E-state index < -0.39 is 11.7 Å². The number of nitrogens with two attached hydrogens (primary N) is 1. The Hall–Kier alpha value is -1.10. The van der Waals surface area contributed by atoms with E-state index in [0.29, 0.717) is 18.5 Å². The van der Waals surface area contributed by atoms with E-state index in [9.17, 15) is 13.2 Å². The van der Waals surface area contributed by atoms with E-state index in [1.54, 1.807) is 0 Å². The Morgan fingerprint density at radius 2 is 2.00 bits per heavy atom. The number of halogens is 3. The van der Waals surface area contributed by atoms with E-state index in [-0.39, 0.29) is 0 Å². The second kappa shape index (κ2) is 3.74. The summed E-state index contributed by atoms with van der Waals surface area (Å²) in [7, 11) is 0. The number of hydrogen-bond acceptors (Lipinski definition) is 2. The van der Waals surface area contributed by atoms with Crippen LogP contribution in [0.3, 0.4) is 0 Å². The fourth-order valence-corrected chi connectivity index (χ4v) is 0.946. The zero-order valence-electron chi connectivity index (χ0n) is 6.80. The maximum atomic E-state index is 12.1. The Balaban J connectivity index is 2.92. The minimum Gasteiger partial charge on any atom is -0.330 e. The Kier molecular flexibility index (Phi) is 2.87. The largest absolute Gasteiger partial charge is 0.417 e. The van der Waals surface area contributed by atoms with Crippen molar-refractivity contribution in [2.24, 2.45) is 5.73 Å². The van der Waals surface area contributed by atoms with Crippen LogP contribution in [0.25, 0.3) is 0 Å². The summed E-state index contributed by atoms with van der Waals surface area (Å²) in [5, 5.41) is 0. The summed E-state index contributed by atoms with van der Waals surface area (Å²) >= 11 is 0. The van der Waals surface area contributed by atoms with Crippen LogP contribution in [0.2, 0.25) is 0 Å². The third kappa shape index (κ3) is 2.69. The summed E-state index contributed by atoms with van der Waals surface area (Å²) in [6.45, 7) is 0.322. The number of aromatic nitrogens is 1. The zero-order valence-corrected chi connectivity index (χ0v) is 6.80. The van der Waals surface area contributed by atoms with Crippen molar-refractivity contribution >= 4 is 0 Å². The molecule has 0 radical (unpaired) electrons. The molecule has 0 aliphatic heterocycles. The van der Waals surface area contributed by atoms with Crippen LogP contribution in [0.15, 0.2) is 18.5 Å². The molecule has 1 rings (SSSR count). The lowest BCUT2D eigenvalue weighted by molar-refractivity contribution is -0.137. The van der Waals surface area contributed by atoms with Crippen molar-refractivity contribution in [2.75, 3.05) is 6.54 Å². The third-order valence-corrected chi connectivity index (χ3v) is 1.56. The van der Waals surface area contributed by atoms with E-state index >= 15 is 0 Å². The lowest BCUT2D eigenvalue weighted by Gasteiger charge is -2.06. The molecule has 2 N–H and O–H groups in total. The van der Waals surface area contributed by atoms with E-state index in [1.165, 1.54) is 6.20 Å².